The Bertz CT molecular complexity index is 826. The van der Waals surface area contributed by atoms with Crippen LogP contribution in [0, 0.1) is 11.8 Å². The lowest BCUT2D eigenvalue weighted by atomic mass is 9.86. The second kappa shape index (κ2) is 9.42. The van der Waals surface area contributed by atoms with Crippen molar-refractivity contribution in [3.05, 3.63) is 59.7 Å². The highest BCUT2D eigenvalue weighted by atomic mass is 16.4. The fourth-order valence-corrected chi connectivity index (χ4v) is 4.70. The number of rotatable bonds is 7. The molecule has 2 atom stereocenters. The van der Waals surface area contributed by atoms with Gasteiger partial charge in [-0.25, -0.2) is 0 Å². The van der Waals surface area contributed by atoms with Crippen molar-refractivity contribution in [1.82, 2.24) is 10.6 Å². The van der Waals surface area contributed by atoms with Gasteiger partial charge in [-0.2, -0.15) is 0 Å². The second-order valence-corrected chi connectivity index (χ2v) is 8.38. The van der Waals surface area contributed by atoms with Gasteiger partial charge < -0.3 is 21.1 Å². The number of hydrogen-bond acceptors (Lipinski definition) is 4. The number of piperidine rings is 1. The molecule has 0 aromatic heterocycles. The van der Waals surface area contributed by atoms with Crippen molar-refractivity contribution >= 4 is 17.3 Å². The molecule has 0 radical (unpaired) electrons. The lowest BCUT2D eigenvalue weighted by molar-refractivity contribution is -0.143. The van der Waals surface area contributed by atoms with E-state index in [2.05, 4.69) is 46.3 Å². The minimum absolute atomic E-state index is 0.214. The number of carbonyl (C=O) groups is 1. The molecule has 0 amide bonds. The Kier molecular flexibility index (Phi) is 6.47. The molecule has 2 fully saturated rings. The number of aliphatic carboxylic acids is 1. The quantitative estimate of drug-likeness (QED) is 0.577. The highest BCUT2D eigenvalue weighted by Crippen LogP contribution is 2.29. The predicted molar refractivity (Wildman–Crippen MR) is 117 cm³/mol. The molecule has 2 aromatic carbocycles. The predicted octanol–water partition coefficient (Wildman–Crippen LogP) is 3.75. The highest BCUT2D eigenvalue weighted by molar-refractivity contribution is 5.71. The molecule has 0 aliphatic carbocycles. The van der Waals surface area contributed by atoms with Crippen molar-refractivity contribution in [1.29, 1.82) is 0 Å². The molecule has 5 nitrogen and oxygen atoms in total. The van der Waals surface area contributed by atoms with Crippen molar-refractivity contribution in [2.45, 2.75) is 31.6 Å². The molecule has 29 heavy (non-hydrogen) atoms. The summed E-state index contributed by atoms with van der Waals surface area (Å²) in [6.07, 6.45) is 3.89. The third-order valence-corrected chi connectivity index (χ3v) is 6.35. The number of carboxylic acids is 1. The Morgan fingerprint density at radius 3 is 2.45 bits per heavy atom. The molecule has 2 aromatic rings. The minimum Gasteiger partial charge on any atom is -0.481 e. The van der Waals surface area contributed by atoms with Crippen molar-refractivity contribution in [3.8, 4) is 0 Å². The zero-order chi connectivity index (χ0) is 20.1. The molecule has 0 bridgehead atoms. The molecule has 0 saturated carbocycles. The first kappa shape index (κ1) is 19.9. The van der Waals surface area contributed by atoms with Crippen LogP contribution in [0.1, 0.15) is 36.3 Å². The summed E-state index contributed by atoms with van der Waals surface area (Å²) in [5.74, 6) is -0.179. The van der Waals surface area contributed by atoms with Crippen LogP contribution in [0.15, 0.2) is 48.5 Å². The topological polar surface area (TPSA) is 73.4 Å². The van der Waals surface area contributed by atoms with Crippen molar-refractivity contribution in [3.63, 3.8) is 0 Å². The number of benzene rings is 2. The lowest BCUT2D eigenvalue weighted by Gasteiger charge is -2.23. The Morgan fingerprint density at radius 1 is 1.00 bits per heavy atom. The van der Waals surface area contributed by atoms with Gasteiger partial charge in [0, 0.05) is 11.4 Å². The summed E-state index contributed by atoms with van der Waals surface area (Å²) in [4.78, 5) is 11.8. The monoisotopic (exact) mass is 393 g/mol. The van der Waals surface area contributed by atoms with E-state index in [-0.39, 0.29) is 11.8 Å². The zero-order valence-corrected chi connectivity index (χ0v) is 16.9. The fourth-order valence-electron chi connectivity index (χ4n) is 4.70. The van der Waals surface area contributed by atoms with Gasteiger partial charge in [-0.05, 0) is 99.1 Å². The minimum atomic E-state index is -0.688. The van der Waals surface area contributed by atoms with Gasteiger partial charge in [-0.15, -0.1) is 0 Å². The molecule has 4 rings (SSSR count). The van der Waals surface area contributed by atoms with Crippen LogP contribution in [0.3, 0.4) is 0 Å². The van der Waals surface area contributed by atoms with Gasteiger partial charge in [0.15, 0.2) is 0 Å². The summed E-state index contributed by atoms with van der Waals surface area (Å²) in [6.45, 7) is 3.90. The maximum Gasteiger partial charge on any atom is 0.307 e. The average molecular weight is 394 g/mol. The van der Waals surface area contributed by atoms with Gasteiger partial charge in [0.25, 0.3) is 0 Å². The van der Waals surface area contributed by atoms with Crippen LogP contribution in [-0.2, 0) is 11.2 Å². The van der Waals surface area contributed by atoms with E-state index in [4.69, 9.17) is 0 Å². The highest BCUT2D eigenvalue weighted by Gasteiger charge is 2.30. The van der Waals surface area contributed by atoms with Gasteiger partial charge in [0.1, 0.15) is 0 Å². The molecule has 4 N–H and O–H groups in total. The van der Waals surface area contributed by atoms with E-state index in [1.807, 2.05) is 18.2 Å². The summed E-state index contributed by atoms with van der Waals surface area (Å²) in [5, 5.41) is 19.9. The molecule has 2 aliphatic heterocycles. The van der Waals surface area contributed by atoms with Gasteiger partial charge >= 0.3 is 5.97 Å². The normalized spacial score (nSPS) is 21.0. The average Bonchev–Trinajstić information content (AvgIpc) is 3.27. The smallest absolute Gasteiger partial charge is 0.307 e. The molecule has 2 aliphatic rings. The summed E-state index contributed by atoms with van der Waals surface area (Å²) in [7, 11) is 0. The maximum absolute atomic E-state index is 11.8. The molecule has 2 heterocycles. The van der Waals surface area contributed by atoms with Crippen LogP contribution in [0.2, 0.25) is 0 Å². The first-order valence-corrected chi connectivity index (χ1v) is 10.8. The third-order valence-electron chi connectivity index (χ3n) is 6.35. The van der Waals surface area contributed by atoms with Crippen LogP contribution < -0.4 is 16.0 Å². The van der Waals surface area contributed by atoms with Crippen LogP contribution in [-0.4, -0.2) is 37.3 Å². The van der Waals surface area contributed by atoms with Crippen molar-refractivity contribution in [2.75, 3.05) is 31.5 Å². The lowest BCUT2D eigenvalue weighted by Crippen LogP contribution is -2.27. The maximum atomic E-state index is 11.8. The molecule has 0 spiro atoms. The summed E-state index contributed by atoms with van der Waals surface area (Å²) in [5.41, 5.74) is 4.57. The Balaban J connectivity index is 1.45. The van der Waals surface area contributed by atoms with E-state index in [0.29, 0.717) is 12.3 Å². The summed E-state index contributed by atoms with van der Waals surface area (Å²) in [6, 6.07) is 16.9. The van der Waals surface area contributed by atoms with Crippen LogP contribution in [0.25, 0.3) is 0 Å². The largest absolute Gasteiger partial charge is 0.481 e. The van der Waals surface area contributed by atoms with Gasteiger partial charge in [-0.3, -0.25) is 4.79 Å². The molecule has 5 heteroatoms. The van der Waals surface area contributed by atoms with E-state index in [9.17, 15) is 9.90 Å². The second-order valence-electron chi connectivity index (χ2n) is 8.38. The van der Waals surface area contributed by atoms with Crippen molar-refractivity contribution in [2.24, 2.45) is 11.8 Å². The number of hydrogen-bond donors (Lipinski definition) is 4. The Hall–Kier alpha value is -2.37. The Labute approximate surface area is 172 Å². The number of carboxylic acid groups (broad SMARTS) is 1. The van der Waals surface area contributed by atoms with Gasteiger partial charge in [0.05, 0.1) is 5.92 Å². The van der Waals surface area contributed by atoms with Gasteiger partial charge in [0.2, 0.25) is 0 Å². The third kappa shape index (κ3) is 5.17. The summed E-state index contributed by atoms with van der Waals surface area (Å²) >= 11 is 0. The van der Waals surface area contributed by atoms with Crippen LogP contribution >= 0.6 is 0 Å². The van der Waals surface area contributed by atoms with E-state index in [0.717, 1.165) is 49.5 Å². The fraction of sp³-hybridized carbons (Fsp3) is 0.458. The first-order valence-electron chi connectivity index (χ1n) is 10.8. The Morgan fingerprint density at radius 2 is 1.72 bits per heavy atom. The number of nitrogens with one attached hydrogen (secondary N) is 3. The van der Waals surface area contributed by atoms with Crippen LogP contribution in [0.4, 0.5) is 11.4 Å². The zero-order valence-electron chi connectivity index (χ0n) is 16.9. The molecule has 0 unspecified atom stereocenters. The first-order chi connectivity index (χ1) is 14.2. The molecule has 154 valence electrons. The van der Waals surface area contributed by atoms with Crippen molar-refractivity contribution < 1.29 is 9.90 Å². The summed E-state index contributed by atoms with van der Waals surface area (Å²) < 4.78 is 0. The standard InChI is InChI=1S/C24H31N3O2/c28-24(29)23(20-9-12-26-16-20)14-17-3-1-5-21(13-17)27-22-6-2-4-19(15-22)18-7-10-25-11-8-18/h1-6,13,15,18,20,23,25-27H,7-12,14,16H2,(H,28,29)/t20-,23-/m0/s1. The van der Waals surface area contributed by atoms with E-state index in [1.54, 1.807) is 0 Å². The SMILES string of the molecule is O=C(O)[C@@H](Cc1cccc(Nc2cccc(C3CCNCC3)c2)c1)[C@H]1CCNC1. The molecular formula is C24H31N3O2. The number of anilines is 2. The van der Waals surface area contributed by atoms with E-state index < -0.39 is 5.97 Å². The van der Waals surface area contributed by atoms with E-state index in [1.165, 1.54) is 18.4 Å². The molecular weight excluding hydrogens is 362 g/mol. The van der Waals surface area contributed by atoms with Gasteiger partial charge in [-0.1, -0.05) is 24.3 Å². The van der Waals surface area contributed by atoms with Crippen LogP contribution in [0.5, 0.6) is 0 Å². The molecule has 2 saturated heterocycles. The van der Waals surface area contributed by atoms with E-state index >= 15 is 0 Å².